The molecule has 0 saturated heterocycles. The predicted molar refractivity (Wildman–Crippen MR) is 141 cm³/mol. The largest absolute Gasteiger partial charge is 0.423 e. The van der Waals surface area contributed by atoms with Gasteiger partial charge in [0.25, 0.3) is 0 Å². The molecule has 2 rings (SSSR count). The highest BCUT2D eigenvalue weighted by Gasteiger charge is 2.55. The lowest BCUT2D eigenvalue weighted by atomic mass is 9.88. The predicted octanol–water partition coefficient (Wildman–Crippen LogP) is 6.65. The summed E-state index contributed by atoms with van der Waals surface area (Å²) in [5, 5.41) is 28.9. The molecule has 3 atom stereocenters. The van der Waals surface area contributed by atoms with Crippen LogP contribution in [0.25, 0.3) is 0 Å². The SMILES string of the molecule is C=C(C)C(=O)Oc1cc(C(C)(O)C(F)(F)F)cc(C(C)(O)C(F)(F)F)c1.C=C(C)C(=O)Oc1ccc(C(C)(O)C(F)(F)F)cc1. The highest BCUT2D eigenvalue weighted by molar-refractivity contribution is 5.89. The van der Waals surface area contributed by atoms with Crippen molar-refractivity contribution in [1.82, 2.24) is 0 Å². The van der Waals surface area contributed by atoms with Gasteiger partial charge in [0.05, 0.1) is 0 Å². The van der Waals surface area contributed by atoms with Crippen LogP contribution < -0.4 is 9.47 Å². The van der Waals surface area contributed by atoms with Crippen LogP contribution in [0.2, 0.25) is 0 Å². The van der Waals surface area contributed by atoms with E-state index in [0.29, 0.717) is 39.0 Å². The van der Waals surface area contributed by atoms with Crippen LogP contribution in [0, 0.1) is 0 Å². The zero-order valence-corrected chi connectivity index (χ0v) is 24.3. The van der Waals surface area contributed by atoms with Gasteiger partial charge < -0.3 is 24.8 Å². The van der Waals surface area contributed by atoms with Crippen molar-refractivity contribution in [1.29, 1.82) is 0 Å². The van der Waals surface area contributed by atoms with Gasteiger partial charge in [-0.3, -0.25) is 0 Å². The van der Waals surface area contributed by atoms with E-state index in [0.717, 1.165) is 12.1 Å². The summed E-state index contributed by atoms with van der Waals surface area (Å²) in [5.41, 5.74) is -12.5. The van der Waals surface area contributed by atoms with E-state index in [1.807, 2.05) is 0 Å². The lowest BCUT2D eigenvalue weighted by Gasteiger charge is -2.31. The van der Waals surface area contributed by atoms with Crippen LogP contribution in [0.3, 0.4) is 0 Å². The number of alkyl halides is 9. The first-order valence-corrected chi connectivity index (χ1v) is 12.4. The number of ether oxygens (including phenoxy) is 2. The zero-order valence-electron chi connectivity index (χ0n) is 24.3. The summed E-state index contributed by atoms with van der Waals surface area (Å²) in [6.07, 6.45) is -15.3. The summed E-state index contributed by atoms with van der Waals surface area (Å²) >= 11 is 0. The second-order valence-corrected chi connectivity index (χ2v) is 10.3. The number of carbonyl (C=O) groups is 2. The second-order valence-electron chi connectivity index (χ2n) is 10.3. The average molecular weight is 661 g/mol. The third-order valence-corrected chi connectivity index (χ3v) is 6.22. The molecule has 0 aliphatic rings. The molecule has 0 saturated carbocycles. The van der Waals surface area contributed by atoms with Gasteiger partial charge in [0.1, 0.15) is 11.5 Å². The van der Waals surface area contributed by atoms with E-state index in [2.05, 4.69) is 17.9 Å². The van der Waals surface area contributed by atoms with E-state index in [4.69, 9.17) is 4.74 Å². The molecule has 0 amide bonds. The first-order chi connectivity index (χ1) is 20.0. The summed E-state index contributed by atoms with van der Waals surface area (Å²) in [6.45, 7) is 10.6. The smallest absolute Gasteiger partial charge is 0.421 e. The third kappa shape index (κ3) is 9.31. The Kier molecular flexibility index (Phi) is 11.5. The molecule has 0 bridgehead atoms. The minimum absolute atomic E-state index is 0.0784. The van der Waals surface area contributed by atoms with Gasteiger partial charge in [-0.2, -0.15) is 39.5 Å². The number of aliphatic hydroxyl groups is 3. The summed E-state index contributed by atoms with van der Waals surface area (Å²) < 4.78 is 126. The Morgan fingerprint density at radius 1 is 0.556 bits per heavy atom. The van der Waals surface area contributed by atoms with E-state index in [9.17, 15) is 64.4 Å². The fourth-order valence-corrected chi connectivity index (χ4v) is 2.95. The van der Waals surface area contributed by atoms with Gasteiger partial charge in [0, 0.05) is 11.1 Å². The van der Waals surface area contributed by atoms with Crippen LogP contribution in [0.1, 0.15) is 51.3 Å². The van der Waals surface area contributed by atoms with Gasteiger partial charge in [0.15, 0.2) is 16.8 Å². The van der Waals surface area contributed by atoms with Gasteiger partial charge in [-0.05, 0) is 81.6 Å². The molecule has 0 fully saturated rings. The maximum atomic E-state index is 13.0. The Bertz CT molecular complexity index is 1370. The maximum Gasteiger partial charge on any atom is 0.421 e. The summed E-state index contributed by atoms with van der Waals surface area (Å²) in [6, 6.07) is 5.92. The van der Waals surface area contributed by atoms with Crippen LogP contribution in [0.4, 0.5) is 39.5 Å². The molecule has 0 aliphatic carbocycles. The normalized spacial score (nSPS) is 16.1. The Balaban J connectivity index is 0.000000472. The van der Waals surface area contributed by atoms with Crippen molar-refractivity contribution in [3.8, 4) is 11.5 Å². The van der Waals surface area contributed by atoms with Crippen molar-refractivity contribution < 1.29 is 73.9 Å². The van der Waals surface area contributed by atoms with Crippen LogP contribution in [-0.2, 0) is 26.4 Å². The van der Waals surface area contributed by atoms with Gasteiger partial charge >= 0.3 is 30.5 Å². The summed E-state index contributed by atoms with van der Waals surface area (Å²) in [4.78, 5) is 22.7. The average Bonchev–Trinajstić information content (AvgIpc) is 2.87. The molecule has 0 radical (unpaired) electrons. The van der Waals surface area contributed by atoms with Crippen molar-refractivity contribution in [2.24, 2.45) is 0 Å². The molecular formula is C29H29F9O7. The molecule has 0 aromatic heterocycles. The number of rotatable bonds is 7. The van der Waals surface area contributed by atoms with Gasteiger partial charge in [-0.25, -0.2) is 9.59 Å². The van der Waals surface area contributed by atoms with E-state index >= 15 is 0 Å². The fraction of sp³-hybridized carbons (Fsp3) is 0.379. The molecule has 3 unspecified atom stereocenters. The highest BCUT2D eigenvalue weighted by atomic mass is 19.4. The molecule has 0 spiro atoms. The standard InChI is InChI=1S/C16H16F6O4.C13H13F3O3/c1-8(2)12(23)26-11-6-9(13(3,24)15(17,18)19)5-10(7-11)14(4,25)16(20,21)22;1-8(2)11(17)19-10-6-4-9(5-7-10)12(3,18)13(14,15)16/h5-7,24-25H,1H2,2-4H3;4-7,18H,1H2,2-3H3. The molecule has 2 aromatic carbocycles. The number of esters is 2. The van der Waals surface area contributed by atoms with Crippen LogP contribution in [0.15, 0.2) is 66.8 Å². The van der Waals surface area contributed by atoms with Gasteiger partial charge in [-0.1, -0.05) is 25.3 Å². The minimum atomic E-state index is -5.24. The van der Waals surface area contributed by atoms with Crippen molar-refractivity contribution >= 4 is 11.9 Å². The highest BCUT2D eigenvalue weighted by Crippen LogP contribution is 2.44. The van der Waals surface area contributed by atoms with E-state index in [1.165, 1.54) is 26.0 Å². The van der Waals surface area contributed by atoms with E-state index < -0.39 is 64.1 Å². The van der Waals surface area contributed by atoms with Crippen LogP contribution in [-0.4, -0.2) is 45.8 Å². The van der Waals surface area contributed by atoms with Crippen molar-refractivity contribution in [3.05, 3.63) is 83.5 Å². The van der Waals surface area contributed by atoms with Crippen molar-refractivity contribution in [2.45, 2.75) is 70.0 Å². The van der Waals surface area contributed by atoms with Crippen molar-refractivity contribution in [3.63, 3.8) is 0 Å². The Morgan fingerprint density at radius 2 is 0.844 bits per heavy atom. The van der Waals surface area contributed by atoms with E-state index in [1.54, 1.807) is 0 Å². The molecule has 0 aliphatic heterocycles. The Hall–Kier alpha value is -3.89. The van der Waals surface area contributed by atoms with Crippen LogP contribution >= 0.6 is 0 Å². The third-order valence-electron chi connectivity index (χ3n) is 6.22. The zero-order chi connectivity index (χ0) is 35.6. The summed E-state index contributed by atoms with van der Waals surface area (Å²) in [7, 11) is 0. The molecule has 45 heavy (non-hydrogen) atoms. The summed E-state index contributed by atoms with van der Waals surface area (Å²) in [5.74, 6) is -2.42. The number of hydrogen-bond acceptors (Lipinski definition) is 7. The first kappa shape index (κ1) is 39.1. The first-order valence-electron chi connectivity index (χ1n) is 12.4. The number of halogens is 9. The molecular weight excluding hydrogens is 631 g/mol. The number of benzene rings is 2. The molecule has 16 heteroatoms. The monoisotopic (exact) mass is 660 g/mol. The Labute approximate surface area is 251 Å². The lowest BCUT2D eigenvalue weighted by Crippen LogP contribution is -2.41. The van der Waals surface area contributed by atoms with Crippen LogP contribution in [0.5, 0.6) is 11.5 Å². The molecule has 7 nitrogen and oxygen atoms in total. The maximum absolute atomic E-state index is 13.0. The Morgan fingerprint density at radius 3 is 1.13 bits per heavy atom. The molecule has 3 N–H and O–H groups in total. The lowest BCUT2D eigenvalue weighted by molar-refractivity contribution is -0.261. The number of hydrogen-bond donors (Lipinski definition) is 3. The topological polar surface area (TPSA) is 113 Å². The van der Waals surface area contributed by atoms with Crippen molar-refractivity contribution in [2.75, 3.05) is 0 Å². The molecule has 0 heterocycles. The molecule has 250 valence electrons. The van der Waals surface area contributed by atoms with E-state index in [-0.39, 0.29) is 22.5 Å². The number of carbonyl (C=O) groups excluding carboxylic acids is 2. The van der Waals surface area contributed by atoms with Gasteiger partial charge in [0.2, 0.25) is 0 Å². The fourth-order valence-electron chi connectivity index (χ4n) is 2.95. The van der Waals surface area contributed by atoms with Gasteiger partial charge in [-0.15, -0.1) is 0 Å². The quantitative estimate of drug-likeness (QED) is 0.132. The minimum Gasteiger partial charge on any atom is -0.423 e. The molecule has 2 aromatic rings. The second kappa shape index (κ2) is 13.2.